The van der Waals surface area contributed by atoms with E-state index in [1.807, 2.05) is 53.5 Å². The van der Waals surface area contributed by atoms with Crippen LogP contribution in [-0.2, 0) is 0 Å². The smallest absolute Gasteiger partial charge is 0.203 e. The molecule has 0 aliphatic heterocycles. The van der Waals surface area contributed by atoms with E-state index in [0.29, 0.717) is 0 Å². The monoisotopic (exact) mass is 283 g/mol. The van der Waals surface area contributed by atoms with Crippen molar-refractivity contribution in [1.29, 1.82) is 0 Å². The first-order valence-electron chi connectivity index (χ1n) is 3.94. The molecule has 0 fully saturated rings. The second-order valence-corrected chi connectivity index (χ2v) is 3.86. The Morgan fingerprint density at radius 2 is 1.85 bits per heavy atom. The van der Waals surface area contributed by atoms with Crippen LogP contribution >= 0.6 is 22.6 Å². The first kappa shape index (κ1) is 8.62. The van der Waals surface area contributed by atoms with E-state index in [9.17, 15) is 0 Å². The van der Waals surface area contributed by atoms with Crippen molar-refractivity contribution in [2.45, 2.75) is 0 Å². The quantitative estimate of drug-likeness (QED) is 0.577. The molecule has 2 nitrogen and oxygen atoms in total. The van der Waals surface area contributed by atoms with Crippen molar-refractivity contribution >= 4 is 22.6 Å². The van der Waals surface area contributed by atoms with Gasteiger partial charge in [-0.1, -0.05) is 6.07 Å². The Labute approximate surface area is 90.4 Å². The number of hydrogen-bond donors (Lipinski definition) is 0. The molecule has 0 amide bonds. The Morgan fingerprint density at radius 1 is 1.08 bits per heavy atom. The van der Waals surface area contributed by atoms with Crippen molar-refractivity contribution in [2.24, 2.45) is 0 Å². The molecule has 0 spiro atoms. The standard InChI is InChI=1S/C10H8IN2/c11-9-4-5-10(12-8-9)13-6-2-1-3-7-13/h1-8H/q+1. The van der Waals surface area contributed by atoms with Crippen molar-refractivity contribution in [1.82, 2.24) is 4.98 Å². The zero-order chi connectivity index (χ0) is 9.10. The zero-order valence-corrected chi connectivity index (χ0v) is 9.05. The van der Waals surface area contributed by atoms with Crippen molar-refractivity contribution in [3.05, 3.63) is 52.5 Å². The predicted molar refractivity (Wildman–Crippen MR) is 58.5 cm³/mol. The molecule has 2 rings (SSSR count). The third-order valence-electron chi connectivity index (χ3n) is 1.69. The molecule has 2 aromatic rings. The molecule has 0 N–H and O–H groups in total. The van der Waals surface area contributed by atoms with Crippen LogP contribution in [0.5, 0.6) is 0 Å². The zero-order valence-electron chi connectivity index (χ0n) is 6.89. The van der Waals surface area contributed by atoms with Gasteiger partial charge in [0.15, 0.2) is 6.20 Å². The molecule has 0 saturated carbocycles. The van der Waals surface area contributed by atoms with Crippen LogP contribution in [0.25, 0.3) is 5.82 Å². The Bertz CT molecular complexity index is 383. The maximum Gasteiger partial charge on any atom is 0.327 e. The molecule has 2 aromatic heterocycles. The van der Waals surface area contributed by atoms with Crippen molar-refractivity contribution in [3.63, 3.8) is 0 Å². The van der Waals surface area contributed by atoms with Crippen LogP contribution in [0.3, 0.4) is 0 Å². The van der Waals surface area contributed by atoms with E-state index in [1.165, 1.54) is 0 Å². The summed E-state index contributed by atoms with van der Waals surface area (Å²) < 4.78 is 3.13. The summed E-state index contributed by atoms with van der Waals surface area (Å²) in [6, 6.07) is 10.0. The molecule has 0 bridgehead atoms. The Morgan fingerprint density at radius 3 is 2.46 bits per heavy atom. The number of aromatic nitrogens is 2. The number of rotatable bonds is 1. The highest BCUT2D eigenvalue weighted by molar-refractivity contribution is 14.1. The lowest BCUT2D eigenvalue weighted by molar-refractivity contribution is -0.599. The van der Waals surface area contributed by atoms with Gasteiger partial charge in [0, 0.05) is 6.07 Å². The fourth-order valence-corrected chi connectivity index (χ4v) is 1.39. The van der Waals surface area contributed by atoms with E-state index in [1.54, 1.807) is 0 Å². The molecule has 13 heavy (non-hydrogen) atoms. The second-order valence-electron chi connectivity index (χ2n) is 2.62. The molecule has 0 atom stereocenters. The van der Waals surface area contributed by atoms with Crippen LogP contribution in [0.2, 0.25) is 0 Å². The minimum atomic E-state index is 0.945. The minimum absolute atomic E-state index is 0.945. The summed E-state index contributed by atoms with van der Waals surface area (Å²) in [6.45, 7) is 0. The predicted octanol–water partition coefficient (Wildman–Crippen LogP) is 1.96. The molecule has 3 heteroatoms. The first-order valence-corrected chi connectivity index (χ1v) is 5.02. The van der Waals surface area contributed by atoms with E-state index in [-0.39, 0.29) is 0 Å². The van der Waals surface area contributed by atoms with Gasteiger partial charge in [0.1, 0.15) is 0 Å². The molecule has 0 aliphatic carbocycles. The molecule has 2 heterocycles. The van der Waals surface area contributed by atoms with Crippen LogP contribution in [-0.4, -0.2) is 4.98 Å². The van der Waals surface area contributed by atoms with E-state index < -0.39 is 0 Å². The number of nitrogens with zero attached hydrogens (tertiary/aromatic N) is 2. The SMILES string of the molecule is Ic1ccc(-[n+]2ccccc2)nc1. The number of halogens is 1. The van der Waals surface area contributed by atoms with Crippen LogP contribution in [0.4, 0.5) is 0 Å². The highest BCUT2D eigenvalue weighted by Gasteiger charge is 2.04. The molecule has 0 radical (unpaired) electrons. The van der Waals surface area contributed by atoms with Crippen LogP contribution in [0, 0.1) is 3.57 Å². The molecule has 64 valence electrons. The van der Waals surface area contributed by atoms with Crippen molar-refractivity contribution < 1.29 is 4.57 Å². The van der Waals surface area contributed by atoms with E-state index in [0.717, 1.165) is 9.39 Å². The summed E-state index contributed by atoms with van der Waals surface area (Å²) >= 11 is 2.24. The summed E-state index contributed by atoms with van der Waals surface area (Å²) in [4.78, 5) is 4.30. The fourth-order valence-electron chi connectivity index (χ4n) is 1.07. The van der Waals surface area contributed by atoms with Crippen LogP contribution in [0.15, 0.2) is 48.9 Å². The van der Waals surface area contributed by atoms with Gasteiger partial charge in [0.2, 0.25) is 0 Å². The van der Waals surface area contributed by atoms with Crippen LogP contribution < -0.4 is 4.57 Å². The van der Waals surface area contributed by atoms with Crippen molar-refractivity contribution in [3.8, 4) is 5.82 Å². The third kappa shape index (κ3) is 2.03. The highest BCUT2D eigenvalue weighted by Crippen LogP contribution is 2.02. The topological polar surface area (TPSA) is 16.8 Å². The van der Waals surface area contributed by atoms with Gasteiger partial charge < -0.3 is 0 Å². The molecular formula is C10H8IN2+. The van der Waals surface area contributed by atoms with Gasteiger partial charge in [-0.15, -0.1) is 0 Å². The lowest BCUT2D eigenvalue weighted by atomic mass is 10.4. The normalized spacial score (nSPS) is 9.92. The maximum atomic E-state index is 4.30. The maximum absolute atomic E-state index is 4.30. The fraction of sp³-hybridized carbons (Fsp3) is 0. The first-order chi connectivity index (χ1) is 6.36. The van der Waals surface area contributed by atoms with E-state index in [2.05, 4.69) is 27.6 Å². The van der Waals surface area contributed by atoms with Gasteiger partial charge in [-0.2, -0.15) is 0 Å². The Balaban J connectivity index is 2.42. The van der Waals surface area contributed by atoms with E-state index >= 15 is 0 Å². The van der Waals surface area contributed by atoms with Gasteiger partial charge in [0.05, 0.1) is 16.0 Å². The van der Waals surface area contributed by atoms with Gasteiger partial charge in [-0.3, -0.25) is 0 Å². The second kappa shape index (κ2) is 3.83. The van der Waals surface area contributed by atoms with Gasteiger partial charge >= 0.3 is 5.82 Å². The van der Waals surface area contributed by atoms with Gasteiger partial charge in [-0.05, 0) is 45.8 Å². The molecule has 0 unspecified atom stereocenters. The third-order valence-corrected chi connectivity index (χ3v) is 2.33. The number of pyridine rings is 2. The average molecular weight is 283 g/mol. The summed E-state index contributed by atoms with van der Waals surface area (Å²) in [7, 11) is 0. The Kier molecular flexibility index (Phi) is 2.54. The summed E-state index contributed by atoms with van der Waals surface area (Å²) in [5, 5.41) is 0. The highest BCUT2D eigenvalue weighted by atomic mass is 127. The summed E-state index contributed by atoms with van der Waals surface area (Å²) in [5.41, 5.74) is 0. The van der Waals surface area contributed by atoms with Gasteiger partial charge in [0.25, 0.3) is 0 Å². The summed E-state index contributed by atoms with van der Waals surface area (Å²) in [5.74, 6) is 0.945. The van der Waals surface area contributed by atoms with Crippen LogP contribution in [0.1, 0.15) is 0 Å². The molecule has 0 saturated heterocycles. The van der Waals surface area contributed by atoms with Crippen molar-refractivity contribution in [2.75, 3.05) is 0 Å². The average Bonchev–Trinajstić information content (AvgIpc) is 2.20. The number of hydrogen-bond acceptors (Lipinski definition) is 1. The molecule has 0 aliphatic rings. The minimum Gasteiger partial charge on any atom is -0.203 e. The largest absolute Gasteiger partial charge is 0.327 e. The Hall–Kier alpha value is -0.970. The molecular weight excluding hydrogens is 275 g/mol. The molecule has 0 aromatic carbocycles. The van der Waals surface area contributed by atoms with Gasteiger partial charge in [-0.25, -0.2) is 4.57 Å². The lowest BCUT2D eigenvalue weighted by Gasteiger charge is -1.93. The van der Waals surface area contributed by atoms with E-state index in [4.69, 9.17) is 0 Å². The summed E-state index contributed by atoms with van der Waals surface area (Å²) in [6.07, 6.45) is 5.82. The lowest BCUT2D eigenvalue weighted by Crippen LogP contribution is -2.30.